The monoisotopic (exact) mass is 263 g/mol. The normalized spacial score (nSPS) is 12.3. The van der Waals surface area contributed by atoms with Crippen molar-refractivity contribution in [3.05, 3.63) is 23.8 Å². The van der Waals surface area contributed by atoms with Gasteiger partial charge in [0.25, 0.3) is 0 Å². The second kappa shape index (κ2) is 6.09. The van der Waals surface area contributed by atoms with Crippen molar-refractivity contribution in [3.63, 3.8) is 0 Å². The highest BCUT2D eigenvalue weighted by atomic mass is 35.5. The van der Waals surface area contributed by atoms with Crippen molar-refractivity contribution in [1.29, 1.82) is 0 Å². The highest BCUT2D eigenvalue weighted by Gasteiger charge is 2.31. The maximum absolute atomic E-state index is 12.0. The van der Waals surface area contributed by atoms with Crippen LogP contribution >= 0.6 is 24.8 Å². The Bertz CT molecular complexity index is 287. The Hall–Kier alpha value is -0.590. The van der Waals surface area contributed by atoms with E-state index in [4.69, 9.17) is 5.73 Å². The summed E-state index contributed by atoms with van der Waals surface area (Å²) in [6.07, 6.45) is -2.94. The lowest BCUT2D eigenvalue weighted by Gasteiger charge is -2.07. The fourth-order valence-electron chi connectivity index (χ4n) is 0.720. The quantitative estimate of drug-likeness (QED) is 0.847. The minimum atomic E-state index is -4.39. The maximum atomic E-state index is 12.0. The molecule has 0 saturated heterocycles. The van der Waals surface area contributed by atoms with Gasteiger partial charge in [-0.2, -0.15) is 13.2 Å². The predicted octanol–water partition coefficient (Wildman–Crippen LogP) is 2.36. The van der Waals surface area contributed by atoms with Gasteiger partial charge in [-0.3, -0.25) is 0 Å². The number of hydrogen-bond acceptors (Lipinski definition) is 3. The molecule has 2 N–H and O–H groups in total. The van der Waals surface area contributed by atoms with Crippen LogP contribution in [0, 0.1) is 0 Å². The highest BCUT2D eigenvalue weighted by molar-refractivity contribution is 5.85. The zero-order valence-corrected chi connectivity index (χ0v) is 9.29. The smallest absolute Gasteiger partial charge is 0.322 e. The molecule has 0 amide bonds. The zero-order chi connectivity index (χ0) is 10.1. The molecule has 0 aliphatic rings. The van der Waals surface area contributed by atoms with Gasteiger partial charge in [-0.15, -0.1) is 24.8 Å². The van der Waals surface area contributed by atoms with Gasteiger partial charge in [-0.1, -0.05) is 0 Å². The van der Waals surface area contributed by atoms with Gasteiger partial charge in [0.15, 0.2) is 0 Å². The van der Waals surface area contributed by atoms with E-state index in [-0.39, 0.29) is 30.6 Å². The summed E-state index contributed by atoms with van der Waals surface area (Å²) < 4.78 is 36.0. The van der Waals surface area contributed by atoms with Crippen LogP contribution in [0.25, 0.3) is 0 Å². The van der Waals surface area contributed by atoms with Gasteiger partial charge in [-0.05, 0) is 6.92 Å². The largest absolute Gasteiger partial charge is 0.419 e. The molecule has 0 spiro atoms. The first-order valence-corrected chi connectivity index (χ1v) is 3.56. The molecule has 8 heteroatoms. The van der Waals surface area contributed by atoms with E-state index in [2.05, 4.69) is 9.97 Å². The van der Waals surface area contributed by atoms with E-state index in [1.165, 1.54) is 0 Å². The molecule has 0 saturated carbocycles. The molecule has 0 aromatic carbocycles. The molecular weight excluding hydrogens is 254 g/mol. The third-order valence-corrected chi connectivity index (χ3v) is 1.41. The van der Waals surface area contributed by atoms with E-state index in [1.54, 1.807) is 6.92 Å². The van der Waals surface area contributed by atoms with Crippen LogP contribution in [0.2, 0.25) is 0 Å². The first-order chi connectivity index (χ1) is 5.91. The molecule has 0 fully saturated rings. The SMILES string of the molecule is CC(N)c1ncc(C(F)(F)F)cn1.Cl.Cl. The first-order valence-electron chi connectivity index (χ1n) is 3.56. The number of nitrogens with zero attached hydrogens (tertiary/aromatic N) is 2. The lowest BCUT2D eigenvalue weighted by molar-refractivity contribution is -0.138. The van der Waals surface area contributed by atoms with Crippen LogP contribution in [0.15, 0.2) is 12.4 Å². The molecular formula is C7H10Cl2F3N3. The van der Waals surface area contributed by atoms with Gasteiger partial charge in [0.2, 0.25) is 0 Å². The minimum absolute atomic E-state index is 0. The number of halogens is 5. The Morgan fingerprint density at radius 3 is 1.87 bits per heavy atom. The number of hydrogen-bond donors (Lipinski definition) is 1. The second-order valence-electron chi connectivity index (χ2n) is 2.62. The molecule has 1 heterocycles. The second-order valence-corrected chi connectivity index (χ2v) is 2.62. The summed E-state index contributed by atoms with van der Waals surface area (Å²) in [7, 11) is 0. The summed E-state index contributed by atoms with van der Waals surface area (Å²) in [5.41, 5.74) is 4.50. The minimum Gasteiger partial charge on any atom is -0.322 e. The van der Waals surface area contributed by atoms with Crippen molar-refractivity contribution >= 4 is 24.8 Å². The van der Waals surface area contributed by atoms with E-state index in [0.29, 0.717) is 0 Å². The maximum Gasteiger partial charge on any atom is 0.419 e. The predicted molar refractivity (Wildman–Crippen MR) is 54.1 cm³/mol. The van der Waals surface area contributed by atoms with E-state index in [0.717, 1.165) is 12.4 Å². The Morgan fingerprint density at radius 2 is 1.60 bits per heavy atom. The summed E-state index contributed by atoms with van der Waals surface area (Å²) in [4.78, 5) is 6.98. The third kappa shape index (κ3) is 4.63. The molecule has 15 heavy (non-hydrogen) atoms. The number of rotatable bonds is 1. The molecule has 0 aliphatic carbocycles. The lowest BCUT2D eigenvalue weighted by Crippen LogP contribution is -2.12. The summed E-state index contributed by atoms with van der Waals surface area (Å²) >= 11 is 0. The molecule has 88 valence electrons. The fourth-order valence-corrected chi connectivity index (χ4v) is 0.720. The van der Waals surface area contributed by atoms with Crippen LogP contribution in [-0.2, 0) is 6.18 Å². The van der Waals surface area contributed by atoms with Crippen molar-refractivity contribution in [2.24, 2.45) is 5.73 Å². The van der Waals surface area contributed by atoms with E-state index >= 15 is 0 Å². The number of aromatic nitrogens is 2. The summed E-state index contributed by atoms with van der Waals surface area (Å²) in [5.74, 6) is 0.202. The van der Waals surface area contributed by atoms with Crippen LogP contribution in [0.5, 0.6) is 0 Å². The van der Waals surface area contributed by atoms with Crippen molar-refractivity contribution in [1.82, 2.24) is 9.97 Å². The van der Waals surface area contributed by atoms with E-state index < -0.39 is 17.8 Å². The third-order valence-electron chi connectivity index (χ3n) is 1.41. The van der Waals surface area contributed by atoms with Crippen LogP contribution in [0.4, 0.5) is 13.2 Å². The number of nitrogens with two attached hydrogens (primary N) is 1. The van der Waals surface area contributed by atoms with Gasteiger partial charge in [0.05, 0.1) is 11.6 Å². The highest BCUT2D eigenvalue weighted by Crippen LogP contribution is 2.27. The van der Waals surface area contributed by atoms with Gasteiger partial charge in [-0.25, -0.2) is 9.97 Å². The van der Waals surface area contributed by atoms with Crippen LogP contribution in [0.1, 0.15) is 24.4 Å². The zero-order valence-electron chi connectivity index (χ0n) is 7.65. The molecule has 1 atom stereocenters. The molecule has 0 aliphatic heterocycles. The van der Waals surface area contributed by atoms with Crippen LogP contribution in [-0.4, -0.2) is 9.97 Å². The van der Waals surface area contributed by atoms with E-state index in [9.17, 15) is 13.2 Å². The van der Waals surface area contributed by atoms with Crippen molar-refractivity contribution in [3.8, 4) is 0 Å². The van der Waals surface area contributed by atoms with Gasteiger partial charge < -0.3 is 5.73 Å². The van der Waals surface area contributed by atoms with Crippen LogP contribution in [0.3, 0.4) is 0 Å². The average molecular weight is 264 g/mol. The van der Waals surface area contributed by atoms with Gasteiger partial charge in [0.1, 0.15) is 5.82 Å². The van der Waals surface area contributed by atoms with Crippen molar-refractivity contribution in [2.45, 2.75) is 19.1 Å². The van der Waals surface area contributed by atoms with Gasteiger partial charge in [0, 0.05) is 12.4 Å². The molecule has 3 nitrogen and oxygen atoms in total. The fraction of sp³-hybridized carbons (Fsp3) is 0.429. The Morgan fingerprint density at radius 1 is 1.20 bits per heavy atom. The summed E-state index contributed by atoms with van der Waals surface area (Å²) in [6.45, 7) is 1.60. The van der Waals surface area contributed by atoms with Crippen LogP contribution < -0.4 is 5.73 Å². The number of alkyl halides is 3. The Balaban J connectivity index is 0. The first kappa shape index (κ1) is 16.8. The molecule has 0 radical (unpaired) electrons. The standard InChI is InChI=1S/C7H8F3N3.2ClH/c1-4(11)6-12-2-5(3-13-6)7(8,9)10;;/h2-4H,11H2,1H3;2*1H. The molecule has 0 bridgehead atoms. The topological polar surface area (TPSA) is 51.8 Å². The average Bonchev–Trinajstić information content (AvgIpc) is 2.03. The van der Waals surface area contributed by atoms with Crippen molar-refractivity contribution < 1.29 is 13.2 Å². The summed E-state index contributed by atoms with van der Waals surface area (Å²) in [5, 5.41) is 0. The molecule has 1 unspecified atom stereocenters. The Labute approximate surface area is 97.1 Å². The van der Waals surface area contributed by atoms with E-state index in [1.807, 2.05) is 0 Å². The van der Waals surface area contributed by atoms with Crippen molar-refractivity contribution in [2.75, 3.05) is 0 Å². The lowest BCUT2D eigenvalue weighted by atomic mass is 10.3. The Kier molecular flexibility index (Phi) is 6.84. The molecule has 1 aromatic heterocycles. The van der Waals surface area contributed by atoms with Gasteiger partial charge >= 0.3 is 6.18 Å². The molecule has 1 aromatic rings. The molecule has 1 rings (SSSR count). The summed E-state index contributed by atoms with van der Waals surface area (Å²) in [6, 6.07) is -0.456.